The zero-order valence-electron chi connectivity index (χ0n) is 10.1. The molecule has 3 amide bonds. The monoisotopic (exact) mass is 247 g/mol. The van der Waals surface area contributed by atoms with Crippen LogP contribution in [0.25, 0.3) is 0 Å². The average molecular weight is 247 g/mol. The van der Waals surface area contributed by atoms with Crippen LogP contribution in [0.5, 0.6) is 5.75 Å². The number of amides is 3. The van der Waals surface area contributed by atoms with Crippen molar-refractivity contribution >= 4 is 11.9 Å². The minimum atomic E-state index is -0.920. The molecule has 0 heterocycles. The summed E-state index contributed by atoms with van der Waals surface area (Å²) >= 11 is 0. The second-order valence-electron chi connectivity index (χ2n) is 3.75. The Bertz CT molecular complexity index is 509. The van der Waals surface area contributed by atoms with Crippen LogP contribution in [0.15, 0.2) is 12.1 Å². The van der Waals surface area contributed by atoms with Crippen LogP contribution in [0, 0.1) is 25.2 Å². The number of imide groups is 1. The molecule has 0 unspecified atom stereocenters. The van der Waals surface area contributed by atoms with E-state index in [4.69, 9.17) is 15.7 Å². The minimum Gasteiger partial charge on any atom is -0.483 e. The van der Waals surface area contributed by atoms with E-state index >= 15 is 0 Å². The van der Waals surface area contributed by atoms with Crippen LogP contribution in [0.1, 0.15) is 16.7 Å². The first-order valence-electron chi connectivity index (χ1n) is 5.17. The Hall–Kier alpha value is -2.55. The van der Waals surface area contributed by atoms with Gasteiger partial charge in [-0.05, 0) is 37.1 Å². The highest BCUT2D eigenvalue weighted by Gasteiger charge is 2.10. The zero-order valence-corrected chi connectivity index (χ0v) is 10.1. The number of carbonyl (C=O) groups is 2. The van der Waals surface area contributed by atoms with Crippen molar-refractivity contribution in [3.05, 3.63) is 28.8 Å². The molecule has 0 saturated heterocycles. The lowest BCUT2D eigenvalue weighted by Crippen LogP contribution is -2.38. The van der Waals surface area contributed by atoms with Crippen molar-refractivity contribution in [3.63, 3.8) is 0 Å². The lowest BCUT2D eigenvalue weighted by molar-refractivity contribution is -0.121. The Labute approximate surface area is 104 Å². The largest absolute Gasteiger partial charge is 0.483 e. The zero-order chi connectivity index (χ0) is 13.7. The maximum Gasteiger partial charge on any atom is 0.318 e. The molecule has 0 radical (unpaired) electrons. The number of ether oxygens (including phenoxy) is 1. The highest BCUT2D eigenvalue weighted by Crippen LogP contribution is 2.24. The Morgan fingerprint density at radius 3 is 2.39 bits per heavy atom. The molecule has 18 heavy (non-hydrogen) atoms. The first kappa shape index (κ1) is 13.5. The molecule has 1 aromatic carbocycles. The number of nitrogens with two attached hydrogens (primary N) is 1. The van der Waals surface area contributed by atoms with Gasteiger partial charge in [0.1, 0.15) is 5.75 Å². The molecule has 0 aliphatic rings. The topological polar surface area (TPSA) is 105 Å². The van der Waals surface area contributed by atoms with E-state index in [1.165, 1.54) is 0 Å². The summed E-state index contributed by atoms with van der Waals surface area (Å²) in [7, 11) is 0. The van der Waals surface area contributed by atoms with E-state index in [0.29, 0.717) is 11.3 Å². The Morgan fingerprint density at radius 1 is 1.39 bits per heavy atom. The van der Waals surface area contributed by atoms with E-state index in [1.807, 2.05) is 11.4 Å². The first-order chi connectivity index (χ1) is 8.43. The summed E-state index contributed by atoms with van der Waals surface area (Å²) in [4.78, 5) is 21.6. The standard InChI is InChI=1S/C12H13N3O3/c1-7-3-9(5-13)4-8(2)11(7)18-6-10(16)15-12(14)17/h3-4H,6H2,1-2H3,(H3,14,15,16,17). The normalized spacial score (nSPS) is 9.39. The highest BCUT2D eigenvalue weighted by molar-refractivity contribution is 5.94. The molecule has 0 aliphatic heterocycles. The maximum absolute atomic E-state index is 11.2. The average Bonchev–Trinajstić information content (AvgIpc) is 2.26. The number of hydrogen-bond donors (Lipinski definition) is 2. The van der Waals surface area contributed by atoms with Gasteiger partial charge in [-0.15, -0.1) is 0 Å². The van der Waals surface area contributed by atoms with E-state index in [2.05, 4.69) is 0 Å². The van der Waals surface area contributed by atoms with E-state index in [0.717, 1.165) is 11.1 Å². The molecular formula is C12H13N3O3. The molecule has 0 aromatic heterocycles. The van der Waals surface area contributed by atoms with Gasteiger partial charge in [-0.25, -0.2) is 4.79 Å². The van der Waals surface area contributed by atoms with Gasteiger partial charge in [0.2, 0.25) is 0 Å². The molecule has 0 atom stereocenters. The number of rotatable bonds is 3. The molecule has 3 N–H and O–H groups in total. The van der Waals surface area contributed by atoms with Crippen LogP contribution in [-0.2, 0) is 4.79 Å². The second-order valence-corrected chi connectivity index (χ2v) is 3.75. The summed E-state index contributed by atoms with van der Waals surface area (Å²) < 4.78 is 5.30. The third-order valence-corrected chi connectivity index (χ3v) is 2.20. The summed E-state index contributed by atoms with van der Waals surface area (Å²) in [6.07, 6.45) is 0. The highest BCUT2D eigenvalue weighted by atomic mass is 16.5. The van der Waals surface area contributed by atoms with Gasteiger partial charge in [-0.3, -0.25) is 10.1 Å². The van der Waals surface area contributed by atoms with Crippen LogP contribution in [-0.4, -0.2) is 18.5 Å². The van der Waals surface area contributed by atoms with Crippen molar-refractivity contribution in [3.8, 4) is 11.8 Å². The van der Waals surface area contributed by atoms with Crippen molar-refractivity contribution < 1.29 is 14.3 Å². The van der Waals surface area contributed by atoms with Gasteiger partial charge in [0.15, 0.2) is 6.61 Å². The number of benzene rings is 1. The van der Waals surface area contributed by atoms with Crippen LogP contribution < -0.4 is 15.8 Å². The lowest BCUT2D eigenvalue weighted by Gasteiger charge is -2.11. The number of nitrogens with zero attached hydrogens (tertiary/aromatic N) is 1. The summed E-state index contributed by atoms with van der Waals surface area (Å²) in [5, 5.41) is 10.7. The van der Waals surface area contributed by atoms with Gasteiger partial charge in [-0.2, -0.15) is 5.26 Å². The fourth-order valence-electron chi connectivity index (χ4n) is 1.55. The van der Waals surface area contributed by atoms with Gasteiger partial charge >= 0.3 is 6.03 Å². The van der Waals surface area contributed by atoms with Crippen LogP contribution in [0.4, 0.5) is 4.79 Å². The molecule has 94 valence electrons. The number of aryl methyl sites for hydroxylation is 2. The number of primary amides is 1. The first-order valence-corrected chi connectivity index (χ1v) is 5.17. The number of urea groups is 1. The Balaban J connectivity index is 2.77. The van der Waals surface area contributed by atoms with Crippen molar-refractivity contribution in [1.29, 1.82) is 5.26 Å². The molecule has 1 rings (SSSR count). The molecule has 6 nitrogen and oxygen atoms in total. The Morgan fingerprint density at radius 2 is 1.94 bits per heavy atom. The SMILES string of the molecule is Cc1cc(C#N)cc(C)c1OCC(=O)NC(N)=O. The third kappa shape index (κ3) is 3.49. The number of nitrogens with one attached hydrogen (secondary N) is 1. The summed E-state index contributed by atoms with van der Waals surface area (Å²) in [5.74, 6) is -0.0979. The van der Waals surface area contributed by atoms with E-state index in [9.17, 15) is 9.59 Å². The van der Waals surface area contributed by atoms with Gasteiger partial charge < -0.3 is 10.5 Å². The molecule has 0 saturated carbocycles. The maximum atomic E-state index is 11.2. The molecule has 0 bridgehead atoms. The van der Waals surface area contributed by atoms with E-state index in [-0.39, 0.29) is 6.61 Å². The van der Waals surface area contributed by atoms with Gasteiger partial charge in [-0.1, -0.05) is 0 Å². The Kier molecular flexibility index (Phi) is 4.27. The molecule has 0 spiro atoms. The minimum absolute atomic E-state index is 0.309. The van der Waals surface area contributed by atoms with Gasteiger partial charge in [0, 0.05) is 0 Å². The van der Waals surface area contributed by atoms with E-state index in [1.54, 1.807) is 26.0 Å². The van der Waals surface area contributed by atoms with Gasteiger partial charge in [0.25, 0.3) is 5.91 Å². The van der Waals surface area contributed by atoms with Gasteiger partial charge in [0.05, 0.1) is 11.6 Å². The van der Waals surface area contributed by atoms with Crippen molar-refractivity contribution in [1.82, 2.24) is 5.32 Å². The van der Waals surface area contributed by atoms with E-state index < -0.39 is 11.9 Å². The molecule has 1 aromatic rings. The molecule has 6 heteroatoms. The molecule has 0 aliphatic carbocycles. The summed E-state index contributed by atoms with van der Waals surface area (Å²) in [5.41, 5.74) is 6.82. The second kappa shape index (κ2) is 5.68. The molecular weight excluding hydrogens is 234 g/mol. The van der Waals surface area contributed by atoms with Crippen molar-refractivity contribution in [2.75, 3.05) is 6.61 Å². The molecule has 0 fully saturated rings. The van der Waals surface area contributed by atoms with Crippen LogP contribution >= 0.6 is 0 Å². The lowest BCUT2D eigenvalue weighted by atomic mass is 10.1. The smallest absolute Gasteiger partial charge is 0.318 e. The van der Waals surface area contributed by atoms with Crippen molar-refractivity contribution in [2.24, 2.45) is 5.73 Å². The fourth-order valence-corrected chi connectivity index (χ4v) is 1.55. The quantitative estimate of drug-likeness (QED) is 0.821. The number of nitriles is 1. The van der Waals surface area contributed by atoms with Crippen molar-refractivity contribution in [2.45, 2.75) is 13.8 Å². The summed E-state index contributed by atoms with van der Waals surface area (Å²) in [6.45, 7) is 3.24. The predicted molar refractivity (Wildman–Crippen MR) is 63.9 cm³/mol. The van der Waals surface area contributed by atoms with Crippen LogP contribution in [0.3, 0.4) is 0 Å². The third-order valence-electron chi connectivity index (χ3n) is 2.20. The van der Waals surface area contributed by atoms with Crippen LogP contribution in [0.2, 0.25) is 0 Å². The summed E-state index contributed by atoms with van der Waals surface area (Å²) in [6, 6.07) is 4.43. The predicted octanol–water partition coefficient (Wildman–Crippen LogP) is 0.749. The number of carbonyl (C=O) groups excluding carboxylic acids is 2. The fraction of sp³-hybridized carbons (Fsp3) is 0.250. The number of hydrogen-bond acceptors (Lipinski definition) is 4.